The average molecular weight is 629 g/mol. The Balaban J connectivity index is 1.40. The van der Waals surface area contributed by atoms with Crippen LogP contribution < -0.4 is 19.1 Å². The molecular formula is C39H33ClN2O4. The molecule has 2 heterocycles. The molecule has 1 spiro atoms. The molecule has 0 fully saturated rings. The zero-order chi connectivity index (χ0) is 32.1. The molecule has 5 aromatic rings. The molecular weight excluding hydrogens is 596 g/mol. The van der Waals surface area contributed by atoms with E-state index in [-0.39, 0.29) is 0 Å². The van der Waals surface area contributed by atoms with Crippen LogP contribution in [-0.2, 0) is 10.2 Å². The van der Waals surface area contributed by atoms with Crippen molar-refractivity contribution in [3.63, 3.8) is 0 Å². The number of rotatable bonds is 7. The number of anilines is 1. The fourth-order valence-electron chi connectivity index (χ4n) is 6.90. The molecule has 1 unspecified atom stereocenters. The van der Waals surface area contributed by atoms with Gasteiger partial charge in [-0.05, 0) is 67.6 Å². The number of benzene rings is 5. The first-order chi connectivity index (χ1) is 22.3. The Bertz CT molecular complexity index is 2090. The van der Waals surface area contributed by atoms with E-state index < -0.39 is 17.1 Å². The number of hydrogen-bond acceptors (Lipinski definition) is 6. The third-order valence-electron chi connectivity index (χ3n) is 8.96. The highest BCUT2D eigenvalue weighted by Gasteiger charge is 2.60. The van der Waals surface area contributed by atoms with Crippen molar-refractivity contribution in [1.82, 2.24) is 0 Å². The van der Waals surface area contributed by atoms with Crippen molar-refractivity contribution < 1.29 is 19.0 Å². The molecule has 7 rings (SSSR count). The van der Waals surface area contributed by atoms with Crippen molar-refractivity contribution >= 4 is 62.8 Å². The van der Waals surface area contributed by atoms with E-state index in [9.17, 15) is 4.79 Å². The largest absolute Gasteiger partial charge is 0.492 e. The van der Waals surface area contributed by atoms with Gasteiger partial charge in [0.1, 0.15) is 29.5 Å². The van der Waals surface area contributed by atoms with Crippen LogP contribution in [0.15, 0.2) is 109 Å². The van der Waals surface area contributed by atoms with Gasteiger partial charge in [0.25, 0.3) is 0 Å². The maximum Gasteiger partial charge on any atom is 0.335 e. The molecule has 0 radical (unpaired) electrons. The van der Waals surface area contributed by atoms with E-state index in [1.165, 1.54) is 0 Å². The predicted molar refractivity (Wildman–Crippen MR) is 187 cm³/mol. The van der Waals surface area contributed by atoms with Gasteiger partial charge in [-0.15, -0.1) is 0 Å². The smallest absolute Gasteiger partial charge is 0.335 e. The normalized spacial score (nSPS) is 17.7. The Morgan fingerprint density at radius 1 is 1.00 bits per heavy atom. The quantitative estimate of drug-likeness (QED) is 0.102. The Morgan fingerprint density at radius 3 is 2.50 bits per heavy atom. The number of carbonyl (C=O) groups is 1. The first-order valence-corrected chi connectivity index (χ1v) is 15.6. The maximum absolute atomic E-state index is 12.2. The molecule has 230 valence electrons. The first kappa shape index (κ1) is 29.6. The van der Waals surface area contributed by atoms with Crippen LogP contribution in [0.2, 0.25) is 5.02 Å². The summed E-state index contributed by atoms with van der Waals surface area (Å²) in [5, 5.41) is 4.32. The van der Waals surface area contributed by atoms with Crippen molar-refractivity contribution in [3.05, 3.63) is 120 Å². The molecule has 0 amide bonds. The van der Waals surface area contributed by atoms with Crippen molar-refractivity contribution in [1.29, 1.82) is 0 Å². The third-order valence-corrected chi connectivity index (χ3v) is 9.27. The highest BCUT2D eigenvalue weighted by atomic mass is 35.5. The second kappa shape index (κ2) is 11.4. The zero-order valence-corrected chi connectivity index (χ0v) is 26.7. The van der Waals surface area contributed by atoms with Crippen LogP contribution in [0.4, 0.5) is 11.4 Å². The minimum atomic E-state index is -1.01. The van der Waals surface area contributed by atoms with E-state index in [0.717, 1.165) is 50.2 Å². The van der Waals surface area contributed by atoms with Gasteiger partial charge in [-0.3, -0.25) is 4.99 Å². The van der Waals surface area contributed by atoms with Crippen LogP contribution in [0.3, 0.4) is 0 Å². The molecule has 0 bridgehead atoms. The number of nitrogens with zero attached hydrogens (tertiary/aromatic N) is 2. The van der Waals surface area contributed by atoms with E-state index in [1.807, 2.05) is 92.0 Å². The summed E-state index contributed by atoms with van der Waals surface area (Å²) >= 11 is 6.94. The Morgan fingerprint density at radius 2 is 1.74 bits per heavy atom. The van der Waals surface area contributed by atoms with E-state index in [2.05, 4.69) is 37.5 Å². The van der Waals surface area contributed by atoms with Gasteiger partial charge < -0.3 is 19.1 Å². The standard InChI is InChI=1S/C39H33ClN2O4/c1-5-13-25-22-33-37(29-18-12-19-32(35(25)29)45-34(43)6-2)41-24-39(46-33)38(3,4)36-28-17-11-10-16-27(28)30(40)23-31(36)42(39)20-21-44-26-14-8-7-9-15-26/h5-19,22-24H,2,20-21H2,1,3-4H3. The fraction of sp³-hybridized carbons (Fsp3) is 0.179. The van der Waals surface area contributed by atoms with Crippen molar-refractivity contribution in [2.45, 2.75) is 31.9 Å². The van der Waals surface area contributed by atoms with Gasteiger partial charge in [0, 0.05) is 27.9 Å². The highest BCUT2D eigenvalue weighted by Crippen LogP contribution is 2.58. The zero-order valence-electron chi connectivity index (χ0n) is 25.9. The summed E-state index contributed by atoms with van der Waals surface area (Å²) in [6.45, 7) is 10.8. The number of allylic oxidation sites excluding steroid dienone is 1. The van der Waals surface area contributed by atoms with Crippen LogP contribution >= 0.6 is 11.6 Å². The molecule has 0 aromatic heterocycles. The van der Waals surface area contributed by atoms with Gasteiger partial charge >= 0.3 is 5.97 Å². The van der Waals surface area contributed by atoms with Gasteiger partial charge in [0.15, 0.2) is 0 Å². The van der Waals surface area contributed by atoms with Crippen LogP contribution in [0.25, 0.3) is 27.6 Å². The number of fused-ring (bicyclic) bond motifs is 6. The SMILES string of the molecule is C=CC(=O)Oc1cccc2c3c(cc(C=CC)c12)OC1(C=N3)N(CCOc2ccccc2)c2cc(Cl)c3ccccc3c2C1(C)C. The van der Waals surface area contributed by atoms with Crippen LogP contribution in [0.1, 0.15) is 31.9 Å². The summed E-state index contributed by atoms with van der Waals surface area (Å²) in [5.74, 6) is 1.33. The lowest BCUT2D eigenvalue weighted by atomic mass is 9.75. The molecule has 0 aliphatic carbocycles. The lowest BCUT2D eigenvalue weighted by Gasteiger charge is -2.46. The predicted octanol–water partition coefficient (Wildman–Crippen LogP) is 9.44. The summed E-state index contributed by atoms with van der Waals surface area (Å²) in [5.41, 5.74) is 2.04. The molecule has 0 saturated heterocycles. The molecule has 6 nitrogen and oxygen atoms in total. The molecule has 2 aliphatic rings. The van der Waals surface area contributed by atoms with Gasteiger partial charge in [-0.25, -0.2) is 4.79 Å². The monoisotopic (exact) mass is 628 g/mol. The van der Waals surface area contributed by atoms with Crippen molar-refractivity contribution in [2.75, 3.05) is 18.1 Å². The van der Waals surface area contributed by atoms with Gasteiger partial charge in [0.05, 0.1) is 23.2 Å². The van der Waals surface area contributed by atoms with Gasteiger partial charge in [0.2, 0.25) is 5.72 Å². The summed E-state index contributed by atoms with van der Waals surface area (Å²) in [6, 6.07) is 27.6. The fourth-order valence-corrected chi connectivity index (χ4v) is 7.17. The summed E-state index contributed by atoms with van der Waals surface area (Å²) < 4.78 is 19.1. The van der Waals surface area contributed by atoms with Crippen LogP contribution in [0, 0.1) is 0 Å². The maximum atomic E-state index is 12.2. The minimum Gasteiger partial charge on any atom is -0.492 e. The van der Waals surface area contributed by atoms with E-state index in [1.54, 1.807) is 6.07 Å². The Hall–Kier alpha value is -5.07. The number of hydrogen-bond donors (Lipinski definition) is 0. The van der Waals surface area contributed by atoms with E-state index >= 15 is 0 Å². The molecule has 7 heteroatoms. The number of ether oxygens (including phenoxy) is 3. The summed E-state index contributed by atoms with van der Waals surface area (Å²) in [6.07, 6.45) is 7.00. The topological polar surface area (TPSA) is 60.4 Å². The minimum absolute atomic E-state index is 0.412. The van der Waals surface area contributed by atoms with E-state index in [4.69, 9.17) is 30.8 Å². The highest BCUT2D eigenvalue weighted by molar-refractivity contribution is 6.36. The van der Waals surface area contributed by atoms with Crippen LogP contribution in [0.5, 0.6) is 17.2 Å². The van der Waals surface area contributed by atoms with Crippen LogP contribution in [-0.4, -0.2) is 31.1 Å². The lowest BCUT2D eigenvalue weighted by Crippen LogP contribution is -2.63. The van der Waals surface area contributed by atoms with Crippen molar-refractivity contribution in [3.8, 4) is 17.2 Å². The second-order valence-electron chi connectivity index (χ2n) is 11.9. The number of aliphatic imine (C=N–C) groups is 1. The second-order valence-corrected chi connectivity index (χ2v) is 12.3. The number of halogens is 1. The third kappa shape index (κ3) is 4.55. The lowest BCUT2D eigenvalue weighted by molar-refractivity contribution is -0.128. The number of carbonyl (C=O) groups excluding carboxylic acids is 1. The molecule has 0 saturated carbocycles. The summed E-state index contributed by atoms with van der Waals surface area (Å²) in [7, 11) is 0. The molecule has 1 atom stereocenters. The van der Waals surface area contributed by atoms with E-state index in [0.29, 0.717) is 35.4 Å². The summed E-state index contributed by atoms with van der Waals surface area (Å²) in [4.78, 5) is 19.6. The first-order valence-electron chi connectivity index (χ1n) is 15.3. The number of esters is 1. The Labute approximate surface area is 273 Å². The van der Waals surface area contributed by atoms with Gasteiger partial charge in [-0.2, -0.15) is 0 Å². The molecule has 46 heavy (non-hydrogen) atoms. The van der Waals surface area contributed by atoms with Crippen molar-refractivity contribution in [2.24, 2.45) is 4.99 Å². The average Bonchev–Trinajstić information content (AvgIpc) is 3.23. The molecule has 2 aliphatic heterocycles. The molecule has 5 aromatic carbocycles. The Kier molecular flexibility index (Phi) is 7.33. The number of para-hydroxylation sites is 1. The molecule has 0 N–H and O–H groups in total. The van der Waals surface area contributed by atoms with Gasteiger partial charge in [-0.1, -0.05) is 84.9 Å².